The Morgan fingerprint density at radius 1 is 1.03 bits per heavy atom. The normalized spacial score (nSPS) is 11.1. The fourth-order valence-electron chi connectivity index (χ4n) is 2.93. The highest BCUT2D eigenvalue weighted by Crippen LogP contribution is 2.19. The lowest BCUT2D eigenvalue weighted by atomic mass is 10.1. The van der Waals surface area contributed by atoms with E-state index in [2.05, 4.69) is 33.5 Å². The van der Waals surface area contributed by atoms with E-state index in [0.29, 0.717) is 19.7 Å². The van der Waals surface area contributed by atoms with Gasteiger partial charge in [0, 0.05) is 19.0 Å². The van der Waals surface area contributed by atoms with Crippen LogP contribution in [0.3, 0.4) is 0 Å². The second-order valence-electron chi connectivity index (χ2n) is 6.65. The summed E-state index contributed by atoms with van der Waals surface area (Å²) in [6, 6.07) is 22.3. The number of nitrogens with zero attached hydrogens (tertiary/aromatic N) is 2. The minimum Gasteiger partial charge on any atom is -0.489 e. The van der Waals surface area contributed by atoms with Crippen molar-refractivity contribution in [1.29, 1.82) is 0 Å². The second-order valence-corrected chi connectivity index (χ2v) is 6.65. The maximum Gasteiger partial charge on any atom is 0.123 e. The smallest absolute Gasteiger partial charge is 0.123 e. The van der Waals surface area contributed by atoms with E-state index in [4.69, 9.17) is 9.84 Å². The van der Waals surface area contributed by atoms with Crippen LogP contribution < -0.4 is 10.1 Å². The van der Waals surface area contributed by atoms with E-state index in [1.165, 1.54) is 5.56 Å². The molecule has 0 aliphatic heterocycles. The van der Waals surface area contributed by atoms with E-state index < -0.39 is 0 Å². The summed E-state index contributed by atoms with van der Waals surface area (Å²) in [6.07, 6.45) is 4.42. The van der Waals surface area contributed by atoms with Crippen LogP contribution in [0.5, 0.6) is 5.75 Å². The fourth-order valence-corrected chi connectivity index (χ4v) is 2.93. The van der Waals surface area contributed by atoms with Crippen LogP contribution >= 0.6 is 0 Å². The lowest BCUT2D eigenvalue weighted by Crippen LogP contribution is -2.18. The Balaban J connectivity index is 1.48. The quantitative estimate of drug-likeness (QED) is 0.390. The summed E-state index contributed by atoms with van der Waals surface area (Å²) in [4.78, 5) is 8.54. The average molecular weight is 389 g/mol. The monoisotopic (exact) mass is 389 g/mol. The van der Waals surface area contributed by atoms with Crippen molar-refractivity contribution in [3.63, 3.8) is 0 Å². The summed E-state index contributed by atoms with van der Waals surface area (Å²) >= 11 is 0. The summed E-state index contributed by atoms with van der Waals surface area (Å²) in [5.74, 6) is 0.929. The van der Waals surface area contributed by atoms with Crippen LogP contribution in [0.1, 0.15) is 22.4 Å². The van der Waals surface area contributed by atoms with Crippen molar-refractivity contribution in [2.24, 2.45) is 4.99 Å². The summed E-state index contributed by atoms with van der Waals surface area (Å²) in [5.41, 5.74) is 4.30. The maximum atomic E-state index is 8.80. The molecule has 0 unspecified atom stereocenters. The molecule has 0 aliphatic rings. The number of benzene rings is 2. The molecule has 0 amide bonds. The van der Waals surface area contributed by atoms with Gasteiger partial charge in [-0.15, -0.1) is 0 Å². The molecule has 0 atom stereocenters. The number of aliphatic hydroxyl groups excluding tert-OH is 1. The van der Waals surface area contributed by atoms with Crippen LogP contribution in [0.15, 0.2) is 77.9 Å². The molecular formula is C24H27N3O2. The minimum atomic E-state index is 0.0620. The van der Waals surface area contributed by atoms with Crippen LogP contribution in [-0.4, -0.2) is 36.0 Å². The van der Waals surface area contributed by atoms with Gasteiger partial charge in [-0.1, -0.05) is 48.5 Å². The van der Waals surface area contributed by atoms with E-state index in [9.17, 15) is 0 Å². The summed E-state index contributed by atoms with van der Waals surface area (Å²) in [5, 5.41) is 12.2. The average Bonchev–Trinajstić information content (AvgIpc) is 2.77. The number of nitrogens with one attached hydrogen (secondary N) is 1. The molecule has 1 aromatic heterocycles. The van der Waals surface area contributed by atoms with Gasteiger partial charge in [-0.3, -0.25) is 9.98 Å². The zero-order valence-corrected chi connectivity index (χ0v) is 16.5. The molecule has 0 saturated carbocycles. The molecule has 2 N–H and O–H groups in total. The number of hydrogen-bond acceptors (Lipinski definition) is 5. The molecule has 1 heterocycles. The zero-order valence-electron chi connectivity index (χ0n) is 16.5. The van der Waals surface area contributed by atoms with Crippen molar-refractivity contribution in [2.45, 2.75) is 19.6 Å². The predicted octanol–water partition coefficient (Wildman–Crippen LogP) is 3.40. The predicted molar refractivity (Wildman–Crippen MR) is 116 cm³/mol. The number of hydrogen-bond donors (Lipinski definition) is 2. The molecule has 0 aliphatic carbocycles. The van der Waals surface area contributed by atoms with Crippen molar-refractivity contribution in [2.75, 3.05) is 19.7 Å². The number of pyridine rings is 1. The highest BCUT2D eigenvalue weighted by Gasteiger charge is 2.04. The largest absolute Gasteiger partial charge is 0.489 e. The van der Waals surface area contributed by atoms with E-state index >= 15 is 0 Å². The van der Waals surface area contributed by atoms with Crippen molar-refractivity contribution in [3.8, 4) is 5.75 Å². The van der Waals surface area contributed by atoms with E-state index in [-0.39, 0.29) is 6.61 Å². The minimum absolute atomic E-state index is 0.0620. The molecule has 150 valence electrons. The zero-order chi connectivity index (χ0) is 20.2. The van der Waals surface area contributed by atoms with Gasteiger partial charge in [0.2, 0.25) is 0 Å². The topological polar surface area (TPSA) is 66.7 Å². The molecule has 0 fully saturated rings. The lowest BCUT2D eigenvalue weighted by Gasteiger charge is -2.12. The number of rotatable bonds is 11. The first-order chi connectivity index (χ1) is 14.3. The first-order valence-electron chi connectivity index (χ1n) is 9.86. The number of ether oxygens (including phenoxy) is 1. The molecule has 5 heteroatoms. The number of aliphatic hydroxyl groups is 1. The van der Waals surface area contributed by atoms with Gasteiger partial charge in [-0.05, 0) is 47.9 Å². The van der Waals surface area contributed by atoms with E-state index in [0.717, 1.165) is 35.5 Å². The molecule has 3 rings (SSSR count). The third-order valence-electron chi connectivity index (χ3n) is 4.40. The van der Waals surface area contributed by atoms with Gasteiger partial charge >= 0.3 is 0 Å². The van der Waals surface area contributed by atoms with Crippen LogP contribution in [-0.2, 0) is 19.6 Å². The first kappa shape index (κ1) is 20.7. The van der Waals surface area contributed by atoms with Crippen molar-refractivity contribution < 1.29 is 9.84 Å². The molecular weight excluding hydrogens is 362 g/mol. The number of para-hydroxylation sites is 1. The van der Waals surface area contributed by atoms with Crippen molar-refractivity contribution >= 4 is 6.21 Å². The van der Waals surface area contributed by atoms with E-state index in [1.54, 1.807) is 12.4 Å². The number of aliphatic imine (C=N–C) groups is 1. The van der Waals surface area contributed by atoms with Gasteiger partial charge in [0.05, 0.1) is 18.8 Å². The second kappa shape index (κ2) is 11.7. The van der Waals surface area contributed by atoms with Crippen LogP contribution in [0.4, 0.5) is 0 Å². The van der Waals surface area contributed by atoms with Crippen LogP contribution in [0.2, 0.25) is 0 Å². The standard InChI is InChI=1S/C24H27N3O2/c28-15-14-26-17-21-10-13-27-23(16-21)18-25-12-11-22-8-4-5-9-24(22)29-19-20-6-2-1-3-7-20/h1-10,13,16-17,25,28H,11-12,14-15,18-19H2. The van der Waals surface area contributed by atoms with Gasteiger partial charge in [0.15, 0.2) is 0 Å². The van der Waals surface area contributed by atoms with Crippen LogP contribution in [0.25, 0.3) is 0 Å². The molecule has 0 spiro atoms. The summed E-state index contributed by atoms with van der Waals surface area (Å²) in [6.45, 7) is 2.57. The molecule has 0 saturated heterocycles. The Kier molecular flexibility index (Phi) is 8.38. The summed E-state index contributed by atoms with van der Waals surface area (Å²) < 4.78 is 6.03. The van der Waals surface area contributed by atoms with Gasteiger partial charge < -0.3 is 15.2 Å². The Morgan fingerprint density at radius 2 is 1.86 bits per heavy atom. The van der Waals surface area contributed by atoms with Crippen molar-refractivity contribution in [3.05, 3.63) is 95.3 Å². The van der Waals surface area contributed by atoms with Gasteiger partial charge in [-0.2, -0.15) is 0 Å². The Labute approximate surface area is 172 Å². The fraction of sp³-hybridized carbons (Fsp3) is 0.250. The van der Waals surface area contributed by atoms with Gasteiger partial charge in [-0.25, -0.2) is 0 Å². The molecule has 2 aromatic carbocycles. The maximum absolute atomic E-state index is 8.80. The molecule has 5 nitrogen and oxygen atoms in total. The highest BCUT2D eigenvalue weighted by molar-refractivity contribution is 5.79. The lowest BCUT2D eigenvalue weighted by molar-refractivity contribution is 0.303. The van der Waals surface area contributed by atoms with E-state index in [1.807, 2.05) is 48.5 Å². The Morgan fingerprint density at radius 3 is 2.72 bits per heavy atom. The van der Waals surface area contributed by atoms with Crippen LogP contribution in [0, 0.1) is 0 Å². The molecule has 29 heavy (non-hydrogen) atoms. The third-order valence-corrected chi connectivity index (χ3v) is 4.40. The summed E-state index contributed by atoms with van der Waals surface area (Å²) in [7, 11) is 0. The Bertz CT molecular complexity index is 897. The number of aromatic nitrogens is 1. The first-order valence-corrected chi connectivity index (χ1v) is 9.86. The molecule has 0 bridgehead atoms. The van der Waals surface area contributed by atoms with Crippen molar-refractivity contribution in [1.82, 2.24) is 10.3 Å². The Hall–Kier alpha value is -3.02. The highest BCUT2D eigenvalue weighted by atomic mass is 16.5. The molecule has 3 aromatic rings. The van der Waals surface area contributed by atoms with Gasteiger partial charge in [0.25, 0.3) is 0 Å². The SMILES string of the molecule is OCCN=Cc1ccnc(CNCCc2ccccc2OCc2ccccc2)c1. The molecule has 0 radical (unpaired) electrons. The van der Waals surface area contributed by atoms with Gasteiger partial charge in [0.1, 0.15) is 12.4 Å². The third kappa shape index (κ3) is 7.14.